The predicted molar refractivity (Wildman–Crippen MR) is 82.2 cm³/mol. The van der Waals surface area contributed by atoms with E-state index >= 15 is 0 Å². The molecule has 23 heavy (non-hydrogen) atoms. The SMILES string of the molecule is CN(Cc1cnc(-n2cnc(C=O)c2)nc1)C(=O)OC(C)(C)C. The second kappa shape index (κ2) is 6.55. The molecule has 122 valence electrons. The van der Waals surface area contributed by atoms with Crippen molar-refractivity contribution in [3.8, 4) is 5.95 Å². The molecule has 0 saturated carbocycles. The molecular formula is C15H19N5O3. The fraction of sp³-hybridized carbons (Fsp3) is 0.400. The van der Waals surface area contributed by atoms with Crippen molar-refractivity contribution < 1.29 is 14.3 Å². The van der Waals surface area contributed by atoms with E-state index in [1.807, 2.05) is 20.8 Å². The molecule has 2 aromatic heterocycles. The van der Waals surface area contributed by atoms with Gasteiger partial charge in [0.05, 0.1) is 6.54 Å². The van der Waals surface area contributed by atoms with Crippen LogP contribution < -0.4 is 0 Å². The molecule has 0 spiro atoms. The molecule has 0 unspecified atom stereocenters. The van der Waals surface area contributed by atoms with Gasteiger partial charge in [0.2, 0.25) is 5.95 Å². The topological polar surface area (TPSA) is 90.2 Å². The van der Waals surface area contributed by atoms with E-state index in [1.54, 1.807) is 24.0 Å². The first-order chi connectivity index (χ1) is 10.8. The number of carbonyl (C=O) groups excluding carboxylic acids is 2. The van der Waals surface area contributed by atoms with Crippen molar-refractivity contribution >= 4 is 12.4 Å². The highest BCUT2D eigenvalue weighted by Crippen LogP contribution is 2.11. The van der Waals surface area contributed by atoms with Crippen molar-refractivity contribution in [1.29, 1.82) is 0 Å². The minimum Gasteiger partial charge on any atom is -0.444 e. The van der Waals surface area contributed by atoms with Gasteiger partial charge >= 0.3 is 6.09 Å². The number of hydrogen-bond donors (Lipinski definition) is 0. The highest BCUT2D eigenvalue weighted by molar-refractivity contribution is 5.71. The number of aldehydes is 1. The number of imidazole rings is 1. The van der Waals surface area contributed by atoms with E-state index in [1.165, 1.54) is 17.4 Å². The highest BCUT2D eigenvalue weighted by atomic mass is 16.6. The van der Waals surface area contributed by atoms with Crippen molar-refractivity contribution in [1.82, 2.24) is 24.4 Å². The summed E-state index contributed by atoms with van der Waals surface area (Å²) >= 11 is 0. The number of hydrogen-bond acceptors (Lipinski definition) is 6. The molecular weight excluding hydrogens is 298 g/mol. The third kappa shape index (κ3) is 4.60. The van der Waals surface area contributed by atoms with Gasteiger partial charge < -0.3 is 9.64 Å². The molecule has 0 aliphatic heterocycles. The average Bonchev–Trinajstić information content (AvgIpc) is 2.95. The van der Waals surface area contributed by atoms with Crippen LogP contribution in [0.1, 0.15) is 36.8 Å². The molecule has 0 saturated heterocycles. The van der Waals surface area contributed by atoms with Crippen LogP contribution in [0, 0.1) is 0 Å². The van der Waals surface area contributed by atoms with Gasteiger partial charge in [-0.25, -0.2) is 19.7 Å². The third-order valence-electron chi connectivity index (χ3n) is 2.77. The molecule has 2 heterocycles. The Labute approximate surface area is 134 Å². The zero-order valence-electron chi connectivity index (χ0n) is 13.6. The van der Waals surface area contributed by atoms with Gasteiger partial charge in [0.15, 0.2) is 6.29 Å². The Hall–Kier alpha value is -2.77. The van der Waals surface area contributed by atoms with E-state index < -0.39 is 11.7 Å². The number of carbonyl (C=O) groups is 2. The normalized spacial score (nSPS) is 11.1. The summed E-state index contributed by atoms with van der Waals surface area (Å²) in [5.74, 6) is 0.397. The lowest BCUT2D eigenvalue weighted by molar-refractivity contribution is 0.0285. The lowest BCUT2D eigenvalue weighted by Gasteiger charge is -2.24. The Balaban J connectivity index is 2.02. The lowest BCUT2D eigenvalue weighted by Crippen LogP contribution is -2.33. The monoisotopic (exact) mass is 317 g/mol. The van der Waals surface area contributed by atoms with Gasteiger partial charge in [-0.2, -0.15) is 0 Å². The largest absolute Gasteiger partial charge is 0.444 e. The van der Waals surface area contributed by atoms with Gasteiger partial charge in [-0.05, 0) is 20.8 Å². The maximum Gasteiger partial charge on any atom is 0.410 e. The van der Waals surface area contributed by atoms with Crippen molar-refractivity contribution in [2.75, 3.05) is 7.05 Å². The minimum absolute atomic E-state index is 0.308. The van der Waals surface area contributed by atoms with Gasteiger partial charge in [-0.15, -0.1) is 0 Å². The Morgan fingerprint density at radius 1 is 1.30 bits per heavy atom. The van der Waals surface area contributed by atoms with Gasteiger partial charge in [-0.1, -0.05) is 0 Å². The smallest absolute Gasteiger partial charge is 0.410 e. The summed E-state index contributed by atoms with van der Waals surface area (Å²) < 4.78 is 6.83. The standard InChI is InChI=1S/C15H19N5O3/c1-15(2,3)23-14(22)19(4)7-11-5-16-13(17-6-11)20-8-12(9-21)18-10-20/h5-6,8-10H,7H2,1-4H3. The van der Waals surface area contributed by atoms with Gasteiger partial charge in [0.25, 0.3) is 0 Å². The first-order valence-electron chi connectivity index (χ1n) is 7.03. The maximum absolute atomic E-state index is 11.9. The molecule has 0 radical (unpaired) electrons. The molecule has 8 heteroatoms. The quantitative estimate of drug-likeness (QED) is 0.799. The van der Waals surface area contributed by atoms with E-state index in [2.05, 4.69) is 15.0 Å². The predicted octanol–water partition coefficient (Wildman–Crippen LogP) is 1.84. The molecule has 0 aliphatic rings. The maximum atomic E-state index is 11.9. The molecule has 0 aromatic carbocycles. The molecule has 0 atom stereocenters. The first-order valence-corrected chi connectivity index (χ1v) is 7.03. The molecule has 0 aliphatic carbocycles. The van der Waals surface area contributed by atoms with Gasteiger partial charge in [-0.3, -0.25) is 9.36 Å². The molecule has 0 bridgehead atoms. The van der Waals surface area contributed by atoms with Gasteiger partial charge in [0.1, 0.15) is 17.6 Å². The van der Waals surface area contributed by atoms with Crippen LogP contribution in [-0.2, 0) is 11.3 Å². The summed E-state index contributed by atoms with van der Waals surface area (Å²) in [4.78, 5) is 36.3. The van der Waals surface area contributed by atoms with Crippen LogP contribution in [0.4, 0.5) is 4.79 Å². The number of aromatic nitrogens is 4. The summed E-state index contributed by atoms with van der Waals surface area (Å²) in [7, 11) is 1.65. The molecule has 2 aromatic rings. The Bertz CT molecular complexity index is 688. The summed E-state index contributed by atoms with van der Waals surface area (Å²) in [6.07, 6.45) is 6.47. The van der Waals surface area contributed by atoms with Crippen LogP contribution in [-0.4, -0.2) is 49.4 Å². The number of amides is 1. The fourth-order valence-electron chi connectivity index (χ4n) is 1.75. The van der Waals surface area contributed by atoms with Crippen LogP contribution in [0.2, 0.25) is 0 Å². The molecule has 0 N–H and O–H groups in total. The summed E-state index contributed by atoms with van der Waals surface area (Å²) in [6, 6.07) is 0. The van der Waals surface area contributed by atoms with Gasteiger partial charge in [0, 0.05) is 31.2 Å². The average molecular weight is 317 g/mol. The van der Waals surface area contributed by atoms with E-state index in [9.17, 15) is 9.59 Å². The van der Waals surface area contributed by atoms with E-state index in [-0.39, 0.29) is 0 Å². The van der Waals surface area contributed by atoms with E-state index in [0.717, 1.165) is 5.56 Å². The number of ether oxygens (including phenoxy) is 1. The van der Waals surface area contributed by atoms with Crippen LogP contribution in [0.25, 0.3) is 5.95 Å². The molecule has 1 amide bonds. The zero-order valence-corrected chi connectivity index (χ0v) is 13.6. The molecule has 2 rings (SSSR count). The van der Waals surface area contributed by atoms with Crippen molar-refractivity contribution in [2.45, 2.75) is 32.9 Å². The number of rotatable bonds is 4. The Morgan fingerprint density at radius 2 is 1.96 bits per heavy atom. The minimum atomic E-state index is -0.538. The Morgan fingerprint density at radius 3 is 2.48 bits per heavy atom. The molecule has 0 fully saturated rings. The Kier molecular flexibility index (Phi) is 4.73. The van der Waals surface area contributed by atoms with Crippen LogP contribution in [0.5, 0.6) is 0 Å². The molecule has 8 nitrogen and oxygen atoms in total. The summed E-state index contributed by atoms with van der Waals surface area (Å²) in [5.41, 5.74) is 0.531. The zero-order chi connectivity index (χ0) is 17.0. The van der Waals surface area contributed by atoms with Crippen LogP contribution >= 0.6 is 0 Å². The third-order valence-corrected chi connectivity index (χ3v) is 2.77. The first kappa shape index (κ1) is 16.6. The van der Waals surface area contributed by atoms with Crippen LogP contribution in [0.3, 0.4) is 0 Å². The number of nitrogens with zero attached hydrogens (tertiary/aromatic N) is 5. The van der Waals surface area contributed by atoms with Crippen molar-refractivity contribution in [3.05, 3.63) is 36.2 Å². The second-order valence-corrected chi connectivity index (χ2v) is 6.05. The second-order valence-electron chi connectivity index (χ2n) is 6.05. The summed E-state index contributed by atoms with van der Waals surface area (Å²) in [5, 5.41) is 0. The van der Waals surface area contributed by atoms with Crippen LogP contribution in [0.15, 0.2) is 24.9 Å². The van der Waals surface area contributed by atoms with Crippen molar-refractivity contribution in [3.63, 3.8) is 0 Å². The fourth-order valence-corrected chi connectivity index (χ4v) is 1.75. The van der Waals surface area contributed by atoms with E-state index in [0.29, 0.717) is 24.5 Å². The lowest BCUT2D eigenvalue weighted by atomic mass is 10.2. The van der Waals surface area contributed by atoms with Crippen molar-refractivity contribution in [2.24, 2.45) is 0 Å². The highest BCUT2D eigenvalue weighted by Gasteiger charge is 2.19. The summed E-state index contributed by atoms with van der Waals surface area (Å²) in [6.45, 7) is 5.78. The van der Waals surface area contributed by atoms with E-state index in [4.69, 9.17) is 4.74 Å².